The van der Waals surface area contributed by atoms with Crippen LogP contribution in [0.2, 0.25) is 0 Å². The van der Waals surface area contributed by atoms with Gasteiger partial charge in [-0.3, -0.25) is 9.59 Å². The van der Waals surface area contributed by atoms with E-state index in [0.29, 0.717) is 12.0 Å². The summed E-state index contributed by atoms with van der Waals surface area (Å²) in [4.78, 5) is 25.5. The summed E-state index contributed by atoms with van der Waals surface area (Å²) < 4.78 is 1.08. The Kier molecular flexibility index (Phi) is 20.4. The fourth-order valence-electron chi connectivity index (χ4n) is 3.99. The lowest BCUT2D eigenvalue weighted by Crippen LogP contribution is -2.34. The van der Waals surface area contributed by atoms with Gasteiger partial charge in [0, 0.05) is 30.0 Å². The minimum atomic E-state index is 0.198. The van der Waals surface area contributed by atoms with Crippen LogP contribution in [-0.2, 0) is 29.0 Å². The molecule has 1 aliphatic carbocycles. The molecule has 40 heavy (non-hydrogen) atoms. The average molecular weight is 618 g/mol. The number of nitrogens with one attached hydrogen (secondary N) is 1. The van der Waals surface area contributed by atoms with Crippen molar-refractivity contribution in [2.45, 2.75) is 114 Å². The first-order chi connectivity index (χ1) is 19.1. The summed E-state index contributed by atoms with van der Waals surface area (Å²) in [6.45, 7) is 21.0. The number of benzene rings is 2. The molecule has 0 aliphatic heterocycles. The van der Waals surface area contributed by atoms with E-state index in [4.69, 9.17) is 0 Å². The van der Waals surface area contributed by atoms with Crippen molar-refractivity contribution in [2.24, 2.45) is 11.3 Å². The Bertz CT molecular complexity index is 958. The van der Waals surface area contributed by atoms with Crippen LogP contribution in [0, 0.1) is 18.3 Å². The van der Waals surface area contributed by atoms with E-state index in [0.717, 1.165) is 62.5 Å². The Balaban J connectivity index is 0.00000150. The second-order valence-corrected chi connectivity index (χ2v) is 12.4. The minimum absolute atomic E-state index is 0.198. The molecule has 5 heteroatoms. The fraction of sp³-hybridized carbons (Fsp3) is 0.600. The molecule has 1 saturated carbocycles. The van der Waals surface area contributed by atoms with Crippen LogP contribution in [0.25, 0.3) is 0 Å². The van der Waals surface area contributed by atoms with Crippen molar-refractivity contribution in [1.29, 1.82) is 0 Å². The smallest absolute Gasteiger partial charge is 0.223 e. The average Bonchev–Trinajstić information content (AvgIpc) is 2.90. The largest absolute Gasteiger partial charge is 0.352 e. The van der Waals surface area contributed by atoms with E-state index in [1.807, 2.05) is 44.7 Å². The number of carbonyl (C=O) groups is 2. The van der Waals surface area contributed by atoms with E-state index in [1.165, 1.54) is 28.7 Å². The van der Waals surface area contributed by atoms with Gasteiger partial charge in [0.25, 0.3) is 0 Å². The van der Waals surface area contributed by atoms with Gasteiger partial charge in [-0.25, -0.2) is 0 Å². The number of amides is 2. The summed E-state index contributed by atoms with van der Waals surface area (Å²) in [6, 6.07) is 14.6. The van der Waals surface area contributed by atoms with Crippen LogP contribution in [0.1, 0.15) is 110 Å². The fourth-order valence-corrected chi connectivity index (χ4v) is 4.40. The molecule has 1 aliphatic rings. The zero-order valence-corrected chi connectivity index (χ0v) is 28.5. The van der Waals surface area contributed by atoms with Crippen LogP contribution in [0.5, 0.6) is 0 Å². The number of rotatable bonds is 12. The van der Waals surface area contributed by atoms with Crippen molar-refractivity contribution in [3.8, 4) is 0 Å². The summed E-state index contributed by atoms with van der Waals surface area (Å²) >= 11 is 3.53. The molecule has 0 heterocycles. The third kappa shape index (κ3) is 16.8. The highest BCUT2D eigenvalue weighted by molar-refractivity contribution is 9.10. The Morgan fingerprint density at radius 2 is 1.52 bits per heavy atom. The molecule has 0 radical (unpaired) electrons. The first-order valence-corrected chi connectivity index (χ1v) is 16.1. The second-order valence-electron chi connectivity index (χ2n) is 11.5. The van der Waals surface area contributed by atoms with E-state index in [1.54, 1.807) is 0 Å². The third-order valence-corrected chi connectivity index (χ3v) is 6.81. The number of halogens is 1. The highest BCUT2D eigenvalue weighted by Gasteiger charge is 2.24. The maximum atomic E-state index is 12.1. The van der Waals surface area contributed by atoms with Crippen molar-refractivity contribution in [2.75, 3.05) is 13.1 Å². The van der Waals surface area contributed by atoms with Gasteiger partial charge in [-0.15, -0.1) is 0 Å². The van der Waals surface area contributed by atoms with Crippen LogP contribution in [0.15, 0.2) is 46.9 Å². The Hall–Kier alpha value is -2.14. The molecular weight excluding hydrogens is 560 g/mol. The summed E-state index contributed by atoms with van der Waals surface area (Å²) in [5.41, 5.74) is 5.53. The van der Waals surface area contributed by atoms with Gasteiger partial charge in [-0.1, -0.05) is 108 Å². The number of carbonyl (C=O) groups excluding carboxylic acids is 2. The Labute approximate surface area is 254 Å². The molecule has 1 N–H and O–H groups in total. The van der Waals surface area contributed by atoms with Gasteiger partial charge >= 0.3 is 0 Å². The quantitative estimate of drug-likeness (QED) is 0.191. The SMILES string of the molecule is CC.CC.CC(C)(C)C.Cc1ccc(Br)cc1CCN(C=O)CCCCc1ccccc1CNC(=O)C1CCC1. The minimum Gasteiger partial charge on any atom is -0.352 e. The third-order valence-electron chi connectivity index (χ3n) is 6.32. The highest BCUT2D eigenvalue weighted by atomic mass is 79.9. The molecule has 0 saturated heterocycles. The van der Waals surface area contributed by atoms with E-state index in [9.17, 15) is 9.59 Å². The van der Waals surface area contributed by atoms with Gasteiger partial charge in [0.05, 0.1) is 0 Å². The van der Waals surface area contributed by atoms with Crippen LogP contribution in [0.3, 0.4) is 0 Å². The number of hydrogen-bond acceptors (Lipinski definition) is 2. The Morgan fingerprint density at radius 3 is 2.08 bits per heavy atom. The van der Waals surface area contributed by atoms with Gasteiger partial charge in [-0.2, -0.15) is 0 Å². The van der Waals surface area contributed by atoms with Crippen molar-refractivity contribution in [1.82, 2.24) is 10.2 Å². The van der Waals surface area contributed by atoms with Crippen LogP contribution in [0.4, 0.5) is 0 Å². The van der Waals surface area contributed by atoms with E-state index in [2.05, 4.69) is 86.2 Å². The number of hydrogen-bond donors (Lipinski definition) is 1. The predicted octanol–water partition coefficient (Wildman–Crippen LogP) is 9.30. The van der Waals surface area contributed by atoms with Crippen LogP contribution in [-0.4, -0.2) is 30.3 Å². The lowest BCUT2D eigenvalue weighted by molar-refractivity contribution is -0.127. The molecule has 2 aromatic carbocycles. The van der Waals surface area contributed by atoms with Crippen molar-refractivity contribution >= 4 is 28.2 Å². The lowest BCUT2D eigenvalue weighted by atomic mass is 9.85. The van der Waals surface area contributed by atoms with E-state index < -0.39 is 0 Å². The summed E-state index contributed by atoms with van der Waals surface area (Å²) in [7, 11) is 0. The molecule has 2 amide bonds. The predicted molar refractivity (Wildman–Crippen MR) is 177 cm³/mol. The molecule has 0 atom stereocenters. The molecular formula is C35H57BrN2O2. The molecule has 0 unspecified atom stereocenters. The lowest BCUT2D eigenvalue weighted by Gasteiger charge is -2.24. The summed E-state index contributed by atoms with van der Waals surface area (Å²) in [5, 5.41) is 3.10. The molecule has 3 rings (SSSR count). The monoisotopic (exact) mass is 616 g/mol. The molecule has 226 valence electrons. The second kappa shape index (κ2) is 21.6. The molecule has 2 aromatic rings. The maximum Gasteiger partial charge on any atom is 0.223 e. The standard InChI is InChI=1S/C26H33BrN2O2.C5H12.2C2H6/c1-20-12-13-25(27)17-23(20)14-16-29(19-30)15-5-4-8-21-7-2-3-9-24(21)18-28-26(31)22-10-6-11-22;1-5(2,3)4;2*1-2/h2-3,7,9,12-13,17,19,22H,4-6,8,10-11,14-16,18H2,1H3,(H,28,31);1-4H3;2*1-2H3. The van der Waals surface area contributed by atoms with Crippen molar-refractivity contribution in [3.05, 3.63) is 69.2 Å². The van der Waals surface area contributed by atoms with Crippen LogP contribution < -0.4 is 5.32 Å². The zero-order chi connectivity index (χ0) is 30.6. The van der Waals surface area contributed by atoms with E-state index >= 15 is 0 Å². The van der Waals surface area contributed by atoms with Gasteiger partial charge in [0.15, 0.2) is 0 Å². The molecule has 1 fully saturated rings. The van der Waals surface area contributed by atoms with Gasteiger partial charge in [0.2, 0.25) is 12.3 Å². The summed E-state index contributed by atoms with van der Waals surface area (Å²) in [5.74, 6) is 0.422. The molecule has 0 spiro atoms. The first kappa shape index (κ1) is 37.9. The number of unbranched alkanes of at least 4 members (excludes halogenated alkanes) is 1. The van der Waals surface area contributed by atoms with Crippen LogP contribution >= 0.6 is 15.9 Å². The molecule has 0 aromatic heterocycles. The Morgan fingerprint density at radius 1 is 0.925 bits per heavy atom. The molecule has 4 nitrogen and oxygen atoms in total. The van der Waals surface area contributed by atoms with Gasteiger partial charge in [0.1, 0.15) is 0 Å². The number of aryl methyl sites for hydroxylation is 2. The number of nitrogens with zero attached hydrogens (tertiary/aromatic N) is 1. The topological polar surface area (TPSA) is 49.4 Å². The first-order valence-electron chi connectivity index (χ1n) is 15.4. The van der Waals surface area contributed by atoms with Gasteiger partial charge < -0.3 is 10.2 Å². The molecule has 0 bridgehead atoms. The zero-order valence-electron chi connectivity index (χ0n) is 26.9. The highest BCUT2D eigenvalue weighted by Crippen LogP contribution is 2.26. The van der Waals surface area contributed by atoms with Gasteiger partial charge in [-0.05, 0) is 85.3 Å². The normalized spacial score (nSPS) is 12.2. The van der Waals surface area contributed by atoms with E-state index in [-0.39, 0.29) is 11.8 Å². The maximum absolute atomic E-state index is 12.1. The van der Waals surface area contributed by atoms with Crippen molar-refractivity contribution < 1.29 is 9.59 Å². The van der Waals surface area contributed by atoms with Crippen molar-refractivity contribution in [3.63, 3.8) is 0 Å². The summed E-state index contributed by atoms with van der Waals surface area (Å²) in [6.07, 6.45) is 8.03.